The molecule has 2 aromatic carbocycles. The van der Waals surface area contributed by atoms with Crippen molar-refractivity contribution in [3.05, 3.63) is 70.4 Å². The molecular formula is C18H15F3N2O2S2. The van der Waals surface area contributed by atoms with E-state index in [1.165, 1.54) is 18.2 Å². The maximum absolute atomic E-state index is 14.3. The molecule has 0 aliphatic rings. The molecule has 27 heavy (non-hydrogen) atoms. The zero-order valence-electron chi connectivity index (χ0n) is 14.3. The second-order valence-corrected chi connectivity index (χ2v) is 9.06. The third-order valence-electron chi connectivity index (χ3n) is 3.70. The van der Waals surface area contributed by atoms with Crippen molar-refractivity contribution in [2.24, 2.45) is 0 Å². The van der Waals surface area contributed by atoms with Crippen molar-refractivity contribution in [3.63, 3.8) is 0 Å². The molecule has 142 valence electrons. The van der Waals surface area contributed by atoms with Crippen molar-refractivity contribution in [2.45, 2.75) is 18.1 Å². The van der Waals surface area contributed by atoms with Gasteiger partial charge in [0.25, 0.3) is 10.0 Å². The van der Waals surface area contributed by atoms with Crippen LogP contribution < -0.4 is 10.0 Å². The summed E-state index contributed by atoms with van der Waals surface area (Å²) < 4.78 is 69.4. The van der Waals surface area contributed by atoms with Gasteiger partial charge in [-0.2, -0.15) is 0 Å². The van der Waals surface area contributed by atoms with Crippen molar-refractivity contribution in [1.29, 1.82) is 0 Å². The number of anilines is 3. The van der Waals surface area contributed by atoms with E-state index in [4.69, 9.17) is 0 Å². The normalized spacial score (nSPS) is 11.4. The van der Waals surface area contributed by atoms with Gasteiger partial charge in [0.15, 0.2) is 11.6 Å². The van der Waals surface area contributed by atoms with Gasteiger partial charge in [0, 0.05) is 4.88 Å². The van der Waals surface area contributed by atoms with Crippen molar-refractivity contribution in [2.75, 3.05) is 10.0 Å². The van der Waals surface area contributed by atoms with Gasteiger partial charge in [0.05, 0.1) is 11.4 Å². The van der Waals surface area contributed by atoms with Gasteiger partial charge < -0.3 is 5.32 Å². The minimum atomic E-state index is -4.01. The summed E-state index contributed by atoms with van der Waals surface area (Å²) in [7, 11) is -4.01. The largest absolute Gasteiger partial charge is 0.349 e. The molecular weight excluding hydrogens is 397 g/mol. The SMILES string of the molecule is Cc1ccc(Nc2c(NS(=O)(=O)c3ccc(C)s3)ccc(F)c2F)c(F)c1. The Kier molecular flexibility index (Phi) is 5.16. The Hall–Kier alpha value is -2.52. The standard InChI is InChI=1S/C18H15F3N2O2S2/c1-10-3-6-14(13(20)9-10)22-18-15(7-5-12(19)17(18)21)23-27(24,25)16-8-4-11(2)26-16/h3-9,22-23H,1-2H3. The second kappa shape index (κ2) is 7.24. The summed E-state index contributed by atoms with van der Waals surface area (Å²) in [5, 5.41) is 2.44. The molecule has 0 atom stereocenters. The molecule has 0 saturated carbocycles. The summed E-state index contributed by atoms with van der Waals surface area (Å²) >= 11 is 1.04. The molecule has 2 N–H and O–H groups in total. The quantitative estimate of drug-likeness (QED) is 0.596. The van der Waals surface area contributed by atoms with Crippen molar-refractivity contribution in [1.82, 2.24) is 0 Å². The van der Waals surface area contributed by atoms with E-state index < -0.39 is 33.2 Å². The van der Waals surface area contributed by atoms with Gasteiger partial charge in [0.2, 0.25) is 0 Å². The first-order valence-electron chi connectivity index (χ1n) is 7.78. The number of thiophene rings is 1. The highest BCUT2D eigenvalue weighted by atomic mass is 32.2. The Morgan fingerprint density at radius 2 is 1.59 bits per heavy atom. The fourth-order valence-corrected chi connectivity index (χ4v) is 4.72. The number of benzene rings is 2. The van der Waals surface area contributed by atoms with Crippen LogP contribution in [0.5, 0.6) is 0 Å². The van der Waals surface area contributed by atoms with E-state index in [2.05, 4.69) is 10.0 Å². The van der Waals surface area contributed by atoms with Crippen LogP contribution in [-0.2, 0) is 10.0 Å². The van der Waals surface area contributed by atoms with Crippen molar-refractivity contribution in [3.8, 4) is 0 Å². The first-order chi connectivity index (χ1) is 12.7. The predicted molar refractivity (Wildman–Crippen MR) is 101 cm³/mol. The Morgan fingerprint density at radius 1 is 0.889 bits per heavy atom. The maximum atomic E-state index is 14.3. The predicted octanol–water partition coefficient (Wildman–Crippen LogP) is 5.33. The summed E-state index contributed by atoms with van der Waals surface area (Å²) in [5.41, 5.74) is -0.209. The fourth-order valence-electron chi connectivity index (χ4n) is 2.37. The van der Waals surface area contributed by atoms with E-state index in [0.29, 0.717) is 5.56 Å². The van der Waals surface area contributed by atoms with Crippen LogP contribution in [-0.4, -0.2) is 8.42 Å². The summed E-state index contributed by atoms with van der Waals surface area (Å²) in [6.07, 6.45) is 0. The van der Waals surface area contributed by atoms with Gasteiger partial charge in [-0.3, -0.25) is 4.72 Å². The molecule has 1 heterocycles. The lowest BCUT2D eigenvalue weighted by Gasteiger charge is -2.15. The Balaban J connectivity index is 2.02. The Bertz CT molecular complexity index is 1110. The lowest BCUT2D eigenvalue weighted by Crippen LogP contribution is -2.14. The van der Waals surface area contributed by atoms with Crippen LogP contribution in [0, 0.1) is 31.3 Å². The average Bonchev–Trinajstić information content (AvgIpc) is 3.03. The first-order valence-corrected chi connectivity index (χ1v) is 10.1. The van der Waals surface area contributed by atoms with Crippen LogP contribution in [0.2, 0.25) is 0 Å². The minimum Gasteiger partial charge on any atom is -0.349 e. The number of nitrogens with one attached hydrogen (secondary N) is 2. The lowest BCUT2D eigenvalue weighted by molar-refractivity contribution is 0.512. The molecule has 0 saturated heterocycles. The van der Waals surface area contributed by atoms with Crippen LogP contribution in [0.3, 0.4) is 0 Å². The van der Waals surface area contributed by atoms with E-state index in [0.717, 1.165) is 28.3 Å². The summed E-state index contributed by atoms with van der Waals surface area (Å²) in [5.74, 6) is -3.20. The third-order valence-corrected chi connectivity index (χ3v) is 6.56. The average molecular weight is 412 g/mol. The van der Waals surface area contributed by atoms with E-state index in [1.807, 2.05) is 0 Å². The van der Waals surface area contributed by atoms with Crippen molar-refractivity contribution < 1.29 is 21.6 Å². The van der Waals surface area contributed by atoms with E-state index >= 15 is 0 Å². The zero-order chi connectivity index (χ0) is 19.8. The van der Waals surface area contributed by atoms with E-state index in [-0.39, 0.29) is 15.6 Å². The van der Waals surface area contributed by atoms with Crippen LogP contribution in [0.4, 0.5) is 30.2 Å². The molecule has 3 rings (SSSR count). The first kappa shape index (κ1) is 19.2. The molecule has 0 amide bonds. The highest BCUT2D eigenvalue weighted by molar-refractivity contribution is 7.94. The number of hydrogen-bond donors (Lipinski definition) is 2. The molecule has 0 unspecified atom stereocenters. The van der Waals surface area contributed by atoms with Gasteiger partial charge in [-0.1, -0.05) is 6.07 Å². The molecule has 0 bridgehead atoms. The molecule has 0 fully saturated rings. The molecule has 1 aromatic heterocycles. The van der Waals surface area contributed by atoms with Gasteiger partial charge in [-0.25, -0.2) is 21.6 Å². The Morgan fingerprint density at radius 3 is 2.22 bits per heavy atom. The number of hydrogen-bond acceptors (Lipinski definition) is 4. The van der Waals surface area contributed by atoms with Gasteiger partial charge in [-0.05, 0) is 55.8 Å². The van der Waals surface area contributed by atoms with Crippen molar-refractivity contribution >= 4 is 38.4 Å². The van der Waals surface area contributed by atoms with Crippen LogP contribution in [0.1, 0.15) is 10.4 Å². The molecule has 4 nitrogen and oxygen atoms in total. The lowest BCUT2D eigenvalue weighted by atomic mass is 10.2. The number of sulfonamides is 1. The van der Waals surface area contributed by atoms with Gasteiger partial charge in [-0.15, -0.1) is 11.3 Å². The van der Waals surface area contributed by atoms with Gasteiger partial charge >= 0.3 is 0 Å². The van der Waals surface area contributed by atoms with E-state index in [9.17, 15) is 21.6 Å². The molecule has 0 radical (unpaired) electrons. The minimum absolute atomic E-state index is 0.0252. The summed E-state index contributed by atoms with van der Waals surface area (Å²) in [6, 6.07) is 9.07. The molecule has 0 aliphatic heterocycles. The monoisotopic (exact) mass is 412 g/mol. The Labute approximate surface area is 158 Å². The molecule has 0 aliphatic carbocycles. The number of halogens is 3. The summed E-state index contributed by atoms with van der Waals surface area (Å²) in [4.78, 5) is 0.778. The van der Waals surface area contributed by atoms with Gasteiger partial charge in [0.1, 0.15) is 15.7 Å². The smallest absolute Gasteiger partial charge is 0.271 e. The van der Waals surface area contributed by atoms with E-state index in [1.54, 1.807) is 26.0 Å². The maximum Gasteiger partial charge on any atom is 0.271 e. The number of aryl methyl sites for hydroxylation is 2. The van der Waals surface area contributed by atoms with Crippen LogP contribution in [0.25, 0.3) is 0 Å². The third kappa shape index (κ3) is 4.09. The second-order valence-electron chi connectivity index (χ2n) is 5.86. The summed E-state index contributed by atoms with van der Waals surface area (Å²) in [6.45, 7) is 3.42. The topological polar surface area (TPSA) is 58.2 Å². The fraction of sp³-hybridized carbons (Fsp3) is 0.111. The molecule has 3 aromatic rings. The highest BCUT2D eigenvalue weighted by Crippen LogP contribution is 2.33. The zero-order valence-corrected chi connectivity index (χ0v) is 15.9. The van der Waals surface area contributed by atoms with Crippen LogP contribution in [0.15, 0.2) is 46.7 Å². The highest BCUT2D eigenvalue weighted by Gasteiger charge is 2.22. The van der Waals surface area contributed by atoms with Crippen LogP contribution >= 0.6 is 11.3 Å². The molecule has 9 heteroatoms. The molecule has 0 spiro atoms. The number of rotatable bonds is 5.